The first-order valence-corrected chi connectivity index (χ1v) is 9.12. The van der Waals surface area contributed by atoms with Gasteiger partial charge in [-0.05, 0) is 37.3 Å². The summed E-state index contributed by atoms with van der Waals surface area (Å²) in [5.41, 5.74) is 2.48. The molecule has 1 saturated heterocycles. The van der Waals surface area contributed by atoms with Gasteiger partial charge in [-0.15, -0.1) is 0 Å². The number of thioether (sulfide) groups is 1. The molecule has 2 aromatic carbocycles. The van der Waals surface area contributed by atoms with E-state index in [2.05, 4.69) is 0 Å². The van der Waals surface area contributed by atoms with Crippen molar-refractivity contribution in [2.24, 2.45) is 0 Å². The largest absolute Gasteiger partial charge is 0.463 e. The first-order chi connectivity index (χ1) is 12.5. The van der Waals surface area contributed by atoms with Gasteiger partial charge in [-0.25, -0.2) is 0 Å². The normalized spacial score (nSPS) is 16.0. The number of aryl methyl sites for hydroxylation is 1. The molecule has 1 aromatic heterocycles. The second-order valence-electron chi connectivity index (χ2n) is 5.87. The van der Waals surface area contributed by atoms with Crippen LogP contribution in [-0.2, 0) is 4.79 Å². The Morgan fingerprint density at radius 1 is 1.08 bits per heavy atom. The highest BCUT2D eigenvalue weighted by molar-refractivity contribution is 8.27. The summed E-state index contributed by atoms with van der Waals surface area (Å²) in [5, 5.41) is 0.482. The van der Waals surface area contributed by atoms with Crippen LogP contribution in [0.4, 0.5) is 5.69 Å². The van der Waals surface area contributed by atoms with Gasteiger partial charge < -0.3 is 4.42 Å². The first kappa shape index (κ1) is 16.8. The molecule has 0 spiro atoms. The Balaban J connectivity index is 1.74. The maximum Gasteiger partial charge on any atom is 0.270 e. The Bertz CT molecular complexity index is 1130. The minimum absolute atomic E-state index is 0.174. The quantitative estimate of drug-likeness (QED) is 0.484. The van der Waals surface area contributed by atoms with Crippen LogP contribution in [0.25, 0.3) is 17.0 Å². The third-order valence-corrected chi connectivity index (χ3v) is 5.38. The summed E-state index contributed by atoms with van der Waals surface area (Å²) in [4.78, 5) is 27.3. The zero-order chi connectivity index (χ0) is 18.3. The van der Waals surface area contributed by atoms with Gasteiger partial charge in [-0.1, -0.05) is 53.8 Å². The molecule has 2 heterocycles. The second kappa shape index (κ2) is 6.55. The van der Waals surface area contributed by atoms with E-state index in [4.69, 9.17) is 16.6 Å². The maximum atomic E-state index is 12.8. The highest BCUT2D eigenvalue weighted by atomic mass is 32.2. The molecule has 0 atom stereocenters. The molecular weight excluding hydrogens is 366 g/mol. The standard InChI is InChI=1S/C20H13NO3S2/c1-12-6-8-14(9-7-12)21-19(23)17(26-20(21)25)10-13-11-24-16-5-3-2-4-15(16)18(13)22/h2-11H,1H3/b17-10+. The van der Waals surface area contributed by atoms with Crippen LogP contribution in [0.3, 0.4) is 0 Å². The Kier molecular flexibility index (Phi) is 4.22. The molecule has 0 N–H and O–H groups in total. The number of amides is 1. The van der Waals surface area contributed by atoms with E-state index in [1.54, 1.807) is 30.3 Å². The molecule has 4 nitrogen and oxygen atoms in total. The Hall–Kier alpha value is -2.70. The van der Waals surface area contributed by atoms with Crippen molar-refractivity contribution in [3.63, 3.8) is 0 Å². The van der Waals surface area contributed by atoms with Crippen LogP contribution in [-0.4, -0.2) is 10.2 Å². The van der Waals surface area contributed by atoms with Gasteiger partial charge in [0.15, 0.2) is 9.75 Å². The van der Waals surface area contributed by atoms with Crippen LogP contribution >= 0.6 is 24.0 Å². The van der Waals surface area contributed by atoms with Gasteiger partial charge in [0, 0.05) is 0 Å². The highest BCUT2D eigenvalue weighted by Gasteiger charge is 2.33. The van der Waals surface area contributed by atoms with Crippen LogP contribution < -0.4 is 10.3 Å². The maximum absolute atomic E-state index is 12.8. The zero-order valence-electron chi connectivity index (χ0n) is 13.8. The monoisotopic (exact) mass is 379 g/mol. The number of nitrogens with zero attached hydrogens (tertiary/aromatic N) is 1. The molecule has 128 valence electrons. The summed E-state index contributed by atoms with van der Waals surface area (Å²) in [5.74, 6) is -0.239. The predicted molar refractivity (Wildman–Crippen MR) is 109 cm³/mol. The first-order valence-electron chi connectivity index (χ1n) is 7.90. The van der Waals surface area contributed by atoms with Gasteiger partial charge in [0.1, 0.15) is 11.8 Å². The number of carbonyl (C=O) groups is 1. The summed E-state index contributed by atoms with van der Waals surface area (Å²) in [6.07, 6.45) is 2.93. The minimum atomic E-state index is -0.239. The zero-order valence-corrected chi connectivity index (χ0v) is 15.4. The van der Waals surface area contributed by atoms with E-state index >= 15 is 0 Å². The topological polar surface area (TPSA) is 50.5 Å². The van der Waals surface area contributed by atoms with Gasteiger partial charge in [0.25, 0.3) is 5.91 Å². The molecule has 3 aromatic rings. The molecule has 4 rings (SSSR count). The van der Waals surface area contributed by atoms with Crippen molar-refractivity contribution in [2.75, 3.05) is 4.90 Å². The molecule has 1 amide bonds. The molecule has 0 radical (unpaired) electrons. The lowest BCUT2D eigenvalue weighted by Crippen LogP contribution is -2.27. The summed E-state index contributed by atoms with van der Waals surface area (Å²) in [6, 6.07) is 14.6. The molecule has 1 aliphatic heterocycles. The number of fused-ring (bicyclic) bond motifs is 1. The fourth-order valence-electron chi connectivity index (χ4n) is 2.72. The molecule has 1 aliphatic rings. The summed E-state index contributed by atoms with van der Waals surface area (Å²) in [7, 11) is 0. The molecule has 0 unspecified atom stereocenters. The molecular formula is C20H13NO3S2. The summed E-state index contributed by atoms with van der Waals surface area (Å²) >= 11 is 6.54. The number of anilines is 1. The van der Waals surface area contributed by atoms with E-state index in [9.17, 15) is 9.59 Å². The van der Waals surface area contributed by atoms with Crippen LogP contribution in [0, 0.1) is 6.92 Å². The Morgan fingerprint density at radius 3 is 2.58 bits per heavy atom. The van der Waals surface area contributed by atoms with E-state index < -0.39 is 0 Å². The fraction of sp³-hybridized carbons (Fsp3) is 0.0500. The number of hydrogen-bond donors (Lipinski definition) is 0. The third-order valence-electron chi connectivity index (χ3n) is 4.08. The lowest BCUT2D eigenvalue weighted by molar-refractivity contribution is -0.113. The number of benzene rings is 2. The highest BCUT2D eigenvalue weighted by Crippen LogP contribution is 2.35. The Morgan fingerprint density at radius 2 is 1.81 bits per heavy atom. The minimum Gasteiger partial charge on any atom is -0.463 e. The number of hydrogen-bond acceptors (Lipinski definition) is 5. The van der Waals surface area contributed by atoms with Crippen molar-refractivity contribution in [2.45, 2.75) is 6.92 Å². The molecule has 1 fully saturated rings. The van der Waals surface area contributed by atoms with E-state index in [1.807, 2.05) is 31.2 Å². The van der Waals surface area contributed by atoms with Crippen molar-refractivity contribution >= 4 is 56.9 Å². The lowest BCUT2D eigenvalue weighted by atomic mass is 10.1. The summed E-state index contributed by atoms with van der Waals surface area (Å²) in [6.45, 7) is 1.98. The van der Waals surface area contributed by atoms with Crippen LogP contribution in [0.15, 0.2) is 68.9 Å². The lowest BCUT2D eigenvalue weighted by Gasteiger charge is -2.14. The van der Waals surface area contributed by atoms with Crippen molar-refractivity contribution < 1.29 is 9.21 Å². The van der Waals surface area contributed by atoms with Gasteiger partial charge in [-0.3, -0.25) is 14.5 Å². The second-order valence-corrected chi connectivity index (χ2v) is 7.54. The molecule has 0 bridgehead atoms. The average Bonchev–Trinajstić information content (AvgIpc) is 2.92. The number of rotatable bonds is 2. The average molecular weight is 379 g/mol. The summed E-state index contributed by atoms with van der Waals surface area (Å²) < 4.78 is 5.95. The van der Waals surface area contributed by atoms with E-state index in [0.717, 1.165) is 5.56 Å². The van der Waals surface area contributed by atoms with Crippen molar-refractivity contribution in [3.8, 4) is 0 Å². The van der Waals surface area contributed by atoms with Gasteiger partial charge in [0.05, 0.1) is 21.5 Å². The molecule has 6 heteroatoms. The van der Waals surface area contributed by atoms with Crippen LogP contribution in [0.2, 0.25) is 0 Å². The van der Waals surface area contributed by atoms with Gasteiger partial charge >= 0.3 is 0 Å². The third kappa shape index (κ3) is 2.87. The van der Waals surface area contributed by atoms with E-state index in [0.29, 0.717) is 31.4 Å². The molecule has 0 aliphatic carbocycles. The van der Waals surface area contributed by atoms with Crippen molar-refractivity contribution in [1.82, 2.24) is 0 Å². The van der Waals surface area contributed by atoms with E-state index in [1.165, 1.54) is 22.9 Å². The SMILES string of the molecule is Cc1ccc(N2C(=O)/C(=C\c3coc4ccccc4c3=O)SC2=S)cc1. The molecule has 26 heavy (non-hydrogen) atoms. The van der Waals surface area contributed by atoms with Crippen LogP contribution in [0.5, 0.6) is 0 Å². The predicted octanol–water partition coefficient (Wildman–Crippen LogP) is 4.51. The number of carbonyl (C=O) groups excluding carboxylic acids is 1. The molecule has 0 saturated carbocycles. The number of para-hydroxylation sites is 1. The van der Waals surface area contributed by atoms with Gasteiger partial charge in [-0.2, -0.15) is 0 Å². The van der Waals surface area contributed by atoms with Crippen molar-refractivity contribution in [1.29, 1.82) is 0 Å². The van der Waals surface area contributed by atoms with Crippen LogP contribution in [0.1, 0.15) is 11.1 Å². The van der Waals surface area contributed by atoms with E-state index in [-0.39, 0.29) is 11.3 Å². The Labute approximate surface area is 159 Å². The smallest absolute Gasteiger partial charge is 0.270 e. The van der Waals surface area contributed by atoms with Crippen molar-refractivity contribution in [3.05, 3.63) is 81.0 Å². The fourth-order valence-corrected chi connectivity index (χ4v) is 4.01. The van der Waals surface area contributed by atoms with Gasteiger partial charge in [0.2, 0.25) is 0 Å². The number of thiocarbonyl (C=S) groups is 1.